The summed E-state index contributed by atoms with van der Waals surface area (Å²) in [5.74, 6) is 0.491. The third-order valence-corrected chi connectivity index (χ3v) is 11.0. The summed E-state index contributed by atoms with van der Waals surface area (Å²) in [6, 6.07) is -0.647. The van der Waals surface area contributed by atoms with Gasteiger partial charge in [0, 0.05) is 24.2 Å². The molecular formula is C38H75N3O4S. The summed E-state index contributed by atoms with van der Waals surface area (Å²) in [5, 5.41) is 12.4. The minimum atomic E-state index is -0.647. The van der Waals surface area contributed by atoms with Gasteiger partial charge < -0.3 is 26.6 Å². The molecule has 46 heavy (non-hydrogen) atoms. The van der Waals surface area contributed by atoms with Crippen molar-refractivity contribution in [2.24, 2.45) is 23.3 Å². The lowest BCUT2D eigenvalue weighted by atomic mass is 9.88. The zero-order valence-electron chi connectivity index (χ0n) is 30.2. The highest BCUT2D eigenvalue weighted by Gasteiger charge is 2.44. The number of rotatable bonds is 35. The summed E-state index contributed by atoms with van der Waals surface area (Å²) in [5.41, 5.74) is 11.7. The maximum atomic E-state index is 12.6. The second kappa shape index (κ2) is 29.1. The highest BCUT2D eigenvalue weighted by atomic mass is 32.2. The number of aliphatic hydroxyl groups is 1. The molecule has 0 aromatic heterocycles. The summed E-state index contributed by atoms with van der Waals surface area (Å²) in [7, 11) is 0. The van der Waals surface area contributed by atoms with Crippen LogP contribution in [0.2, 0.25) is 0 Å². The molecule has 1 unspecified atom stereocenters. The van der Waals surface area contributed by atoms with E-state index in [1.807, 2.05) is 0 Å². The molecule has 0 spiro atoms. The number of hydrogen-bond acceptors (Lipinski definition) is 6. The predicted octanol–water partition coefficient (Wildman–Crippen LogP) is 8.43. The van der Waals surface area contributed by atoms with Gasteiger partial charge >= 0.3 is 0 Å². The number of primary amides is 1. The third kappa shape index (κ3) is 22.7. The molecule has 1 rings (SSSR count). The van der Waals surface area contributed by atoms with Gasteiger partial charge in [0.05, 0.1) is 24.8 Å². The smallest absolute Gasteiger partial charge is 0.238 e. The molecule has 1 aliphatic carbocycles. The summed E-state index contributed by atoms with van der Waals surface area (Å²) in [4.78, 5) is 25.1. The number of thioether (sulfide) groups is 1. The highest BCUT2D eigenvalue weighted by Crippen LogP contribution is 2.34. The van der Waals surface area contributed by atoms with Crippen molar-refractivity contribution in [3.05, 3.63) is 0 Å². The van der Waals surface area contributed by atoms with Crippen LogP contribution < -0.4 is 16.8 Å². The molecule has 0 radical (unpaired) electrons. The summed E-state index contributed by atoms with van der Waals surface area (Å²) in [6.45, 7) is 5.71. The SMILES string of the molecule is CCCCCCCCCCCCCCCCOC[C@H](CSC[C@H](N)C(=O)NC1(CO)CC1)C(CCCCCCCCCC)C(N)=O. The molecule has 0 saturated heterocycles. The third-order valence-electron chi connectivity index (χ3n) is 9.79. The molecule has 272 valence electrons. The minimum absolute atomic E-state index is 0.0150. The highest BCUT2D eigenvalue weighted by molar-refractivity contribution is 7.99. The topological polar surface area (TPSA) is 128 Å². The average Bonchev–Trinajstić information content (AvgIpc) is 3.82. The van der Waals surface area contributed by atoms with Gasteiger partial charge in [0.2, 0.25) is 11.8 Å². The second-order valence-corrected chi connectivity index (χ2v) is 15.4. The molecule has 1 aliphatic rings. The number of aliphatic hydroxyl groups excluding tert-OH is 1. The van der Waals surface area contributed by atoms with Crippen LogP contribution in [-0.4, -0.2) is 59.8 Å². The van der Waals surface area contributed by atoms with Crippen molar-refractivity contribution in [2.45, 2.75) is 186 Å². The molecule has 0 bridgehead atoms. The van der Waals surface area contributed by atoms with E-state index in [-0.39, 0.29) is 30.3 Å². The molecule has 0 aliphatic heterocycles. The van der Waals surface area contributed by atoms with Crippen LogP contribution in [0.3, 0.4) is 0 Å². The number of ether oxygens (including phenoxy) is 1. The Hall–Kier alpha value is -0.830. The van der Waals surface area contributed by atoms with Crippen molar-refractivity contribution in [3.63, 3.8) is 0 Å². The molecule has 2 amide bonds. The van der Waals surface area contributed by atoms with Crippen molar-refractivity contribution in [2.75, 3.05) is 31.3 Å². The number of nitrogens with one attached hydrogen (secondary N) is 1. The Balaban J connectivity index is 2.35. The lowest BCUT2D eigenvalue weighted by Crippen LogP contribution is -2.49. The fourth-order valence-electron chi connectivity index (χ4n) is 6.27. The van der Waals surface area contributed by atoms with Gasteiger partial charge in [0.25, 0.3) is 0 Å². The van der Waals surface area contributed by atoms with Gasteiger partial charge in [0.15, 0.2) is 0 Å². The van der Waals surface area contributed by atoms with E-state index >= 15 is 0 Å². The maximum Gasteiger partial charge on any atom is 0.238 e. The van der Waals surface area contributed by atoms with Gasteiger partial charge in [-0.25, -0.2) is 0 Å². The van der Waals surface area contributed by atoms with Crippen LogP contribution >= 0.6 is 11.8 Å². The van der Waals surface area contributed by atoms with Crippen molar-refractivity contribution in [3.8, 4) is 0 Å². The molecule has 0 aromatic carbocycles. The van der Waals surface area contributed by atoms with Crippen LogP contribution in [0, 0.1) is 11.8 Å². The first kappa shape index (κ1) is 43.2. The summed E-state index contributed by atoms with van der Waals surface area (Å²) >= 11 is 1.60. The zero-order chi connectivity index (χ0) is 33.7. The molecule has 0 heterocycles. The quantitative estimate of drug-likeness (QED) is 0.0502. The van der Waals surface area contributed by atoms with E-state index in [1.54, 1.807) is 11.8 Å². The van der Waals surface area contributed by atoms with Gasteiger partial charge in [-0.05, 0) is 31.4 Å². The minimum Gasteiger partial charge on any atom is -0.394 e. The Morgan fingerprint density at radius 3 is 1.63 bits per heavy atom. The summed E-state index contributed by atoms with van der Waals surface area (Å²) < 4.78 is 6.15. The lowest BCUT2D eigenvalue weighted by molar-refractivity contribution is -0.124. The van der Waals surface area contributed by atoms with E-state index in [4.69, 9.17) is 16.2 Å². The molecule has 8 heteroatoms. The first-order chi connectivity index (χ1) is 22.4. The molecule has 0 aromatic rings. The number of carbonyl (C=O) groups is 2. The van der Waals surface area contributed by atoms with Gasteiger partial charge in [-0.2, -0.15) is 11.8 Å². The van der Waals surface area contributed by atoms with Gasteiger partial charge in [-0.15, -0.1) is 0 Å². The Kier molecular flexibility index (Phi) is 27.3. The van der Waals surface area contributed by atoms with Crippen LogP contribution in [0.4, 0.5) is 0 Å². The maximum absolute atomic E-state index is 12.6. The molecule has 6 N–H and O–H groups in total. The zero-order valence-corrected chi connectivity index (χ0v) is 31.0. The molecule has 1 saturated carbocycles. The Labute approximate surface area is 288 Å². The Morgan fingerprint density at radius 2 is 1.20 bits per heavy atom. The largest absolute Gasteiger partial charge is 0.394 e. The van der Waals surface area contributed by atoms with Crippen molar-refractivity contribution < 1.29 is 19.4 Å². The Morgan fingerprint density at radius 1 is 0.739 bits per heavy atom. The van der Waals surface area contributed by atoms with E-state index in [0.717, 1.165) is 38.5 Å². The van der Waals surface area contributed by atoms with Crippen molar-refractivity contribution >= 4 is 23.6 Å². The van der Waals surface area contributed by atoms with Crippen LogP contribution in [0.5, 0.6) is 0 Å². The fourth-order valence-corrected chi connectivity index (χ4v) is 7.44. The first-order valence-corrected chi connectivity index (χ1v) is 20.7. The molecular weight excluding hydrogens is 595 g/mol. The van der Waals surface area contributed by atoms with Gasteiger partial charge in [-0.3, -0.25) is 9.59 Å². The Bertz CT molecular complexity index is 737. The van der Waals surface area contributed by atoms with E-state index in [1.165, 1.54) is 122 Å². The first-order valence-electron chi connectivity index (χ1n) is 19.5. The monoisotopic (exact) mass is 670 g/mol. The molecule has 7 nitrogen and oxygen atoms in total. The number of nitrogens with two attached hydrogens (primary N) is 2. The number of hydrogen-bond donors (Lipinski definition) is 4. The average molecular weight is 670 g/mol. The number of amides is 2. The predicted molar refractivity (Wildman–Crippen MR) is 197 cm³/mol. The van der Waals surface area contributed by atoms with Crippen LogP contribution in [-0.2, 0) is 14.3 Å². The van der Waals surface area contributed by atoms with Crippen LogP contribution in [0.25, 0.3) is 0 Å². The number of carbonyl (C=O) groups excluding carboxylic acids is 2. The van der Waals surface area contributed by atoms with Gasteiger partial charge in [0.1, 0.15) is 0 Å². The molecule has 3 atom stereocenters. The second-order valence-electron chi connectivity index (χ2n) is 14.3. The van der Waals surface area contributed by atoms with Gasteiger partial charge in [-0.1, -0.05) is 149 Å². The van der Waals surface area contributed by atoms with E-state index in [9.17, 15) is 14.7 Å². The van der Waals surface area contributed by atoms with Crippen molar-refractivity contribution in [1.82, 2.24) is 5.32 Å². The normalized spacial score (nSPS) is 15.8. The van der Waals surface area contributed by atoms with Crippen LogP contribution in [0.1, 0.15) is 174 Å². The number of unbranched alkanes of at least 4 members (excludes halogenated alkanes) is 20. The van der Waals surface area contributed by atoms with E-state index < -0.39 is 11.6 Å². The van der Waals surface area contributed by atoms with E-state index in [2.05, 4.69) is 19.2 Å². The fraction of sp³-hybridized carbons (Fsp3) is 0.947. The van der Waals surface area contributed by atoms with Crippen LogP contribution in [0.15, 0.2) is 0 Å². The summed E-state index contributed by atoms with van der Waals surface area (Å²) in [6.07, 6.45) is 30.9. The molecule has 1 fully saturated rings. The van der Waals surface area contributed by atoms with Crippen molar-refractivity contribution in [1.29, 1.82) is 0 Å². The standard InChI is InChI=1S/C38H75N3O4S/c1-3-5-7-9-11-13-14-15-16-17-18-20-22-24-28-45-29-33(30-46-31-35(39)37(44)41-38(32-42)26-27-38)34(36(40)43)25-23-21-19-12-10-8-6-4-2/h33-35,42H,3-32,39H2,1-2H3,(H2,40,43)(H,41,44)/t33-,34?,35+/m1/s1. The lowest BCUT2D eigenvalue weighted by Gasteiger charge is -2.25. The van der Waals surface area contributed by atoms with E-state index in [0.29, 0.717) is 24.7 Å².